The molecule has 0 amide bonds. The van der Waals surface area contributed by atoms with Crippen LogP contribution in [-0.4, -0.2) is 26.3 Å². The van der Waals surface area contributed by atoms with Crippen LogP contribution in [0.15, 0.2) is 0 Å². The first-order chi connectivity index (χ1) is 5.88. The van der Waals surface area contributed by atoms with Crippen LogP contribution in [0, 0.1) is 5.92 Å². The van der Waals surface area contributed by atoms with Crippen LogP contribution >= 0.6 is 0 Å². The van der Waals surface area contributed by atoms with Gasteiger partial charge in [0.2, 0.25) is 0 Å². The summed E-state index contributed by atoms with van der Waals surface area (Å²) in [6, 6.07) is 0.699. The van der Waals surface area contributed by atoms with Gasteiger partial charge >= 0.3 is 0 Å². The van der Waals surface area contributed by atoms with Gasteiger partial charge in [0.05, 0.1) is 0 Å². The van der Waals surface area contributed by atoms with Gasteiger partial charge in [0, 0.05) is 19.3 Å². The van der Waals surface area contributed by atoms with Gasteiger partial charge in [-0.2, -0.15) is 0 Å². The Morgan fingerprint density at radius 1 is 1.50 bits per heavy atom. The third kappa shape index (κ3) is 2.76. The molecule has 72 valence electrons. The van der Waals surface area contributed by atoms with Gasteiger partial charge in [-0.25, -0.2) is 0 Å². The molecule has 1 aliphatic carbocycles. The Bertz CT molecular complexity index is 112. The second-order valence-corrected chi connectivity index (χ2v) is 3.57. The zero-order chi connectivity index (χ0) is 8.81. The van der Waals surface area contributed by atoms with Crippen LogP contribution in [0.5, 0.6) is 0 Å². The summed E-state index contributed by atoms with van der Waals surface area (Å²) in [5, 5.41) is 3.38. The summed E-state index contributed by atoms with van der Waals surface area (Å²) in [6.07, 6.45) is 5.43. The SMILES string of the molecule is CCOCCC(NC)C1CCC1. The van der Waals surface area contributed by atoms with Crippen LogP contribution in [0.2, 0.25) is 0 Å². The number of hydrogen-bond acceptors (Lipinski definition) is 2. The lowest BCUT2D eigenvalue weighted by Crippen LogP contribution is -2.38. The van der Waals surface area contributed by atoms with Crippen molar-refractivity contribution < 1.29 is 4.74 Å². The van der Waals surface area contributed by atoms with Crippen molar-refractivity contribution in [2.75, 3.05) is 20.3 Å². The lowest BCUT2D eigenvalue weighted by molar-refractivity contribution is 0.118. The van der Waals surface area contributed by atoms with Gasteiger partial charge in [-0.15, -0.1) is 0 Å². The van der Waals surface area contributed by atoms with E-state index in [4.69, 9.17) is 4.74 Å². The minimum absolute atomic E-state index is 0.699. The first kappa shape index (κ1) is 10.0. The van der Waals surface area contributed by atoms with Crippen LogP contribution in [0.1, 0.15) is 32.6 Å². The predicted octanol–water partition coefficient (Wildman–Crippen LogP) is 1.80. The Balaban J connectivity index is 2.07. The van der Waals surface area contributed by atoms with E-state index in [9.17, 15) is 0 Å². The smallest absolute Gasteiger partial charge is 0.0480 e. The molecule has 0 aromatic heterocycles. The topological polar surface area (TPSA) is 21.3 Å². The zero-order valence-corrected chi connectivity index (χ0v) is 8.31. The molecule has 1 fully saturated rings. The summed E-state index contributed by atoms with van der Waals surface area (Å²) < 4.78 is 5.34. The third-order valence-corrected chi connectivity index (χ3v) is 2.87. The van der Waals surface area contributed by atoms with Crippen molar-refractivity contribution in [1.82, 2.24) is 5.32 Å². The molecule has 0 aromatic rings. The van der Waals surface area contributed by atoms with Crippen molar-refractivity contribution >= 4 is 0 Å². The quantitative estimate of drug-likeness (QED) is 0.615. The fourth-order valence-electron chi connectivity index (χ4n) is 1.81. The summed E-state index contributed by atoms with van der Waals surface area (Å²) in [7, 11) is 2.06. The van der Waals surface area contributed by atoms with Crippen molar-refractivity contribution in [3.63, 3.8) is 0 Å². The lowest BCUT2D eigenvalue weighted by atomic mass is 9.79. The van der Waals surface area contributed by atoms with Crippen molar-refractivity contribution in [3.8, 4) is 0 Å². The van der Waals surface area contributed by atoms with Crippen molar-refractivity contribution in [2.24, 2.45) is 5.92 Å². The van der Waals surface area contributed by atoms with E-state index >= 15 is 0 Å². The Morgan fingerprint density at radius 2 is 2.25 bits per heavy atom. The van der Waals surface area contributed by atoms with Gasteiger partial charge in [-0.3, -0.25) is 0 Å². The Hall–Kier alpha value is -0.0800. The second-order valence-electron chi connectivity index (χ2n) is 3.57. The molecule has 0 bridgehead atoms. The average Bonchev–Trinajstić information content (AvgIpc) is 1.99. The Kier molecular flexibility index (Phi) is 4.62. The Morgan fingerprint density at radius 3 is 2.67 bits per heavy atom. The molecule has 0 radical (unpaired) electrons. The van der Waals surface area contributed by atoms with E-state index in [1.165, 1.54) is 25.7 Å². The van der Waals surface area contributed by atoms with E-state index in [2.05, 4.69) is 19.3 Å². The minimum atomic E-state index is 0.699. The number of hydrogen-bond donors (Lipinski definition) is 1. The van der Waals surface area contributed by atoms with Crippen molar-refractivity contribution in [2.45, 2.75) is 38.6 Å². The maximum atomic E-state index is 5.34. The van der Waals surface area contributed by atoms with Crippen LogP contribution in [0.3, 0.4) is 0 Å². The molecule has 1 atom stereocenters. The van der Waals surface area contributed by atoms with Crippen LogP contribution in [0.4, 0.5) is 0 Å². The second kappa shape index (κ2) is 5.55. The standard InChI is InChI=1S/C10H21NO/c1-3-12-8-7-10(11-2)9-5-4-6-9/h9-11H,3-8H2,1-2H3. The molecular weight excluding hydrogens is 150 g/mol. The largest absolute Gasteiger partial charge is 0.382 e. The summed E-state index contributed by atoms with van der Waals surface area (Å²) in [5.74, 6) is 0.926. The molecule has 0 spiro atoms. The summed E-state index contributed by atoms with van der Waals surface area (Å²) >= 11 is 0. The molecule has 1 N–H and O–H groups in total. The van der Waals surface area contributed by atoms with Gasteiger partial charge in [0.1, 0.15) is 0 Å². The van der Waals surface area contributed by atoms with Gasteiger partial charge < -0.3 is 10.1 Å². The van der Waals surface area contributed by atoms with E-state index < -0.39 is 0 Å². The average molecular weight is 171 g/mol. The van der Waals surface area contributed by atoms with Crippen LogP contribution in [0.25, 0.3) is 0 Å². The van der Waals surface area contributed by atoms with E-state index in [0.717, 1.165) is 19.1 Å². The molecule has 2 heteroatoms. The maximum absolute atomic E-state index is 5.34. The molecule has 2 nitrogen and oxygen atoms in total. The highest BCUT2D eigenvalue weighted by molar-refractivity contribution is 4.81. The fourth-order valence-corrected chi connectivity index (χ4v) is 1.81. The van der Waals surface area contributed by atoms with E-state index in [0.29, 0.717) is 6.04 Å². The molecule has 12 heavy (non-hydrogen) atoms. The van der Waals surface area contributed by atoms with E-state index in [1.807, 2.05) is 0 Å². The molecule has 1 unspecified atom stereocenters. The molecule has 1 aliphatic rings. The molecular formula is C10H21NO. The summed E-state index contributed by atoms with van der Waals surface area (Å²) in [4.78, 5) is 0. The highest BCUT2D eigenvalue weighted by Crippen LogP contribution is 2.30. The number of ether oxygens (including phenoxy) is 1. The first-order valence-corrected chi connectivity index (χ1v) is 5.13. The predicted molar refractivity (Wildman–Crippen MR) is 51.3 cm³/mol. The van der Waals surface area contributed by atoms with Crippen LogP contribution < -0.4 is 5.32 Å². The van der Waals surface area contributed by atoms with Crippen molar-refractivity contribution in [1.29, 1.82) is 0 Å². The maximum Gasteiger partial charge on any atom is 0.0480 e. The van der Waals surface area contributed by atoms with Gasteiger partial charge in [0.25, 0.3) is 0 Å². The number of nitrogens with one attached hydrogen (secondary N) is 1. The lowest BCUT2D eigenvalue weighted by Gasteiger charge is -2.33. The highest BCUT2D eigenvalue weighted by Gasteiger charge is 2.25. The van der Waals surface area contributed by atoms with Gasteiger partial charge in [-0.1, -0.05) is 6.42 Å². The Labute approximate surface area is 75.7 Å². The molecule has 1 rings (SSSR count). The molecule has 1 saturated carbocycles. The monoisotopic (exact) mass is 171 g/mol. The van der Waals surface area contributed by atoms with E-state index in [-0.39, 0.29) is 0 Å². The zero-order valence-electron chi connectivity index (χ0n) is 8.31. The summed E-state index contributed by atoms with van der Waals surface area (Å²) in [5.41, 5.74) is 0. The number of rotatable bonds is 6. The molecule has 0 aliphatic heterocycles. The molecule has 0 saturated heterocycles. The molecule has 0 aromatic carbocycles. The van der Waals surface area contributed by atoms with Gasteiger partial charge in [-0.05, 0) is 39.2 Å². The highest BCUT2D eigenvalue weighted by atomic mass is 16.5. The van der Waals surface area contributed by atoms with Crippen LogP contribution in [-0.2, 0) is 4.74 Å². The third-order valence-electron chi connectivity index (χ3n) is 2.87. The fraction of sp³-hybridized carbons (Fsp3) is 1.00. The van der Waals surface area contributed by atoms with E-state index in [1.54, 1.807) is 0 Å². The summed E-state index contributed by atoms with van der Waals surface area (Å²) in [6.45, 7) is 3.82. The molecule has 0 heterocycles. The van der Waals surface area contributed by atoms with Gasteiger partial charge in [0.15, 0.2) is 0 Å². The first-order valence-electron chi connectivity index (χ1n) is 5.13. The normalized spacial score (nSPS) is 20.5. The minimum Gasteiger partial charge on any atom is -0.382 e. The van der Waals surface area contributed by atoms with Crippen molar-refractivity contribution in [3.05, 3.63) is 0 Å².